The van der Waals surface area contributed by atoms with Gasteiger partial charge in [-0.25, -0.2) is 18.0 Å². The smallest absolute Gasteiger partial charge is 0.351 e. The van der Waals surface area contributed by atoms with Crippen LogP contribution in [-0.4, -0.2) is 77.0 Å². The molecule has 6 unspecified atom stereocenters. The molecule has 24 heteroatoms. The number of aliphatic hydroxyl groups is 1. The van der Waals surface area contributed by atoms with Crippen molar-refractivity contribution in [3.05, 3.63) is 108 Å². The summed E-state index contributed by atoms with van der Waals surface area (Å²) in [4.78, 5) is 75.4. The molecule has 21 nitrogen and oxygen atoms in total. The highest BCUT2D eigenvalue weighted by Gasteiger charge is 2.39. The zero-order valence-corrected chi connectivity index (χ0v) is 41.3. The van der Waals surface area contributed by atoms with Crippen LogP contribution in [0.5, 0.6) is 11.5 Å². The zero-order chi connectivity index (χ0) is 50.0. The first-order valence-electron chi connectivity index (χ1n) is 23.6. The maximum atomic E-state index is 13.6. The fourth-order valence-electron chi connectivity index (χ4n) is 10.8. The maximum absolute atomic E-state index is 13.6. The largest absolute Gasteiger partial charge is 0.756 e. The Kier molecular flexibility index (Phi) is 13.6. The van der Waals surface area contributed by atoms with E-state index < -0.39 is 54.2 Å². The molecule has 0 spiro atoms. The van der Waals surface area contributed by atoms with Gasteiger partial charge in [0.25, 0.3) is 29.4 Å². The molecule has 6 atom stereocenters. The molecule has 0 bridgehead atoms. The molecule has 0 aliphatic carbocycles. The monoisotopic (exact) mass is 1030 g/mol. The number of fused-ring (bicyclic) bond motifs is 4. The van der Waals surface area contributed by atoms with Crippen molar-refractivity contribution in [2.45, 2.75) is 96.0 Å². The number of nitrogen functional groups attached to an aromatic ring is 1. The Hall–Kier alpha value is -5.03. The van der Waals surface area contributed by atoms with E-state index in [4.69, 9.17) is 20.1 Å². The summed E-state index contributed by atoms with van der Waals surface area (Å²) >= 11 is 0. The fourth-order valence-corrected chi connectivity index (χ4v) is 13.8. The SMILES string of the molecule is Cc1cc(C(=O)NCCCC#Cc2cn(C3OC(COP(=O)([O-])OP(=O)([O-])OP(=O)([O-])O)CC3O)c(=O)nc2N)ccc1C1=c2cc3c4c(c2Oc2c1cc1c5c2CCCN5CCC1)CCC[N+]=4CCC3. The average molecular weight is 1030 g/mol. The Morgan fingerprint density at radius 3 is 2.49 bits per heavy atom. The van der Waals surface area contributed by atoms with Crippen LogP contribution in [0.3, 0.4) is 0 Å². The molecule has 1 saturated heterocycles. The maximum Gasteiger partial charge on any atom is 0.351 e. The average Bonchev–Trinajstić information content (AvgIpc) is 3.68. The molecule has 10 rings (SSSR count). The van der Waals surface area contributed by atoms with Crippen molar-refractivity contribution >= 4 is 46.5 Å². The van der Waals surface area contributed by atoms with Gasteiger partial charge in [0.05, 0.1) is 23.8 Å². The number of carbonyl (C=O) groups is 1. The molecule has 0 radical (unpaired) electrons. The second-order valence-corrected chi connectivity index (χ2v) is 22.8. The third-order valence-corrected chi connectivity index (χ3v) is 17.4. The first-order valence-corrected chi connectivity index (χ1v) is 28.0. The lowest BCUT2D eigenvalue weighted by atomic mass is 9.81. The number of ether oxygens (including phenoxy) is 2. The van der Waals surface area contributed by atoms with Crippen LogP contribution in [0.4, 0.5) is 11.5 Å². The number of hydrogen-bond acceptors (Lipinski definition) is 17. The Morgan fingerprint density at radius 2 is 1.72 bits per heavy atom. The summed E-state index contributed by atoms with van der Waals surface area (Å²) in [6.07, 6.45) is 6.02. The molecule has 6 aliphatic rings. The minimum atomic E-state index is -6.12. The van der Waals surface area contributed by atoms with Crippen LogP contribution in [0.25, 0.3) is 5.57 Å². The minimum Gasteiger partial charge on any atom is -0.756 e. The number of nitrogens with one attached hydrogen (secondary N) is 1. The number of carbonyl (C=O) groups excluding carboxylic acids is 1. The van der Waals surface area contributed by atoms with Gasteiger partial charge in [-0.1, -0.05) is 17.9 Å². The first-order chi connectivity index (χ1) is 33.8. The molecule has 7 heterocycles. The number of aromatic nitrogens is 2. The lowest BCUT2D eigenvalue weighted by Crippen LogP contribution is -2.45. The van der Waals surface area contributed by atoms with Crippen molar-refractivity contribution in [3.63, 3.8) is 0 Å². The molecule has 6 aliphatic heterocycles. The van der Waals surface area contributed by atoms with E-state index in [0.717, 1.165) is 121 Å². The summed E-state index contributed by atoms with van der Waals surface area (Å²) in [6.45, 7) is 5.70. The summed E-state index contributed by atoms with van der Waals surface area (Å²) in [7, 11) is -17.8. The number of aliphatic hydroxyl groups excluding tert-OH is 1. The van der Waals surface area contributed by atoms with Gasteiger partial charge < -0.3 is 54.6 Å². The van der Waals surface area contributed by atoms with E-state index >= 15 is 0 Å². The van der Waals surface area contributed by atoms with Crippen LogP contribution in [-0.2, 0) is 57.3 Å². The lowest BCUT2D eigenvalue weighted by Gasteiger charge is -2.39. The minimum absolute atomic E-state index is 0.109. The molecule has 376 valence electrons. The summed E-state index contributed by atoms with van der Waals surface area (Å²) in [6, 6.07) is 10.7. The van der Waals surface area contributed by atoms with Crippen molar-refractivity contribution in [2.24, 2.45) is 0 Å². The van der Waals surface area contributed by atoms with Gasteiger partial charge in [0.2, 0.25) is 5.36 Å². The quantitative estimate of drug-likeness (QED) is 0.0558. The number of unbranched alkanes of at least 4 members (excludes halogenated alkanes) is 1. The van der Waals surface area contributed by atoms with Crippen molar-refractivity contribution in [1.82, 2.24) is 19.4 Å². The molecule has 3 aromatic carbocycles. The van der Waals surface area contributed by atoms with Gasteiger partial charge >= 0.3 is 5.69 Å². The summed E-state index contributed by atoms with van der Waals surface area (Å²) in [5.74, 6) is 7.32. The molecular formula is C47H51N6O15P3-2. The van der Waals surface area contributed by atoms with Crippen LogP contribution in [0.1, 0.15) is 106 Å². The van der Waals surface area contributed by atoms with E-state index in [2.05, 4.69) is 69.9 Å². The van der Waals surface area contributed by atoms with E-state index in [1.165, 1.54) is 39.5 Å². The highest BCUT2D eigenvalue weighted by molar-refractivity contribution is 7.65. The van der Waals surface area contributed by atoms with Crippen LogP contribution >= 0.6 is 23.5 Å². The van der Waals surface area contributed by atoms with Gasteiger partial charge in [-0.15, -0.1) is 0 Å². The lowest BCUT2D eigenvalue weighted by molar-refractivity contribution is -0.250. The second kappa shape index (κ2) is 19.4. The van der Waals surface area contributed by atoms with Crippen molar-refractivity contribution in [2.75, 3.05) is 50.0 Å². The normalized spacial score (nSPS) is 22.3. The number of nitrogens with two attached hydrogens (primary N) is 1. The van der Waals surface area contributed by atoms with Gasteiger partial charge in [0.15, 0.2) is 6.23 Å². The van der Waals surface area contributed by atoms with Crippen molar-refractivity contribution < 1.29 is 65.8 Å². The van der Waals surface area contributed by atoms with E-state index in [-0.39, 0.29) is 23.7 Å². The summed E-state index contributed by atoms with van der Waals surface area (Å²) in [5.41, 5.74) is 16.8. The van der Waals surface area contributed by atoms with Crippen LogP contribution in [0, 0.1) is 18.8 Å². The van der Waals surface area contributed by atoms with E-state index in [9.17, 15) is 43.1 Å². The van der Waals surface area contributed by atoms with Crippen molar-refractivity contribution in [1.29, 1.82) is 0 Å². The number of benzene rings is 3. The molecule has 4 aromatic rings. The summed E-state index contributed by atoms with van der Waals surface area (Å²) in [5, 5.41) is 16.2. The molecule has 5 N–H and O–H groups in total. The predicted molar refractivity (Wildman–Crippen MR) is 251 cm³/mol. The van der Waals surface area contributed by atoms with Gasteiger partial charge in [-0.3, -0.25) is 23.1 Å². The number of hydrogen-bond donors (Lipinski definition) is 4. The standard InChI is InChI=1S/C47H53N6O15P3/c1-27-21-30(45(55)49-16-4-2-3-9-31-25-53(47(56)50-44(31)48)46-38(54)24-32(65-46)26-64-70(60,61)68-71(62,63)67-69(57,58)59)14-15-33(27)39-36-22-28-10-5-17-51-19-7-12-34(40(28)51)42(36)66-43-35-13-8-20-52-18-6-11-29(41(35)52)23-37(39)43/h14-15,21-23,25,32,38,46,54H,2,4-8,10-13,16-20,24,26H2,1H3,(H6-,48,49,50,55,56,57,58,59,60,61,62,63)/p-2. The van der Waals surface area contributed by atoms with Gasteiger partial charge in [-0.05, 0) is 92.8 Å². The van der Waals surface area contributed by atoms with Crippen LogP contribution in [0.2, 0.25) is 0 Å². The highest BCUT2D eigenvalue weighted by Crippen LogP contribution is 2.61. The topological polar surface area (TPSA) is 303 Å². The zero-order valence-electron chi connectivity index (χ0n) is 38.6. The number of nitrogens with zero attached hydrogens (tertiary/aromatic N) is 4. The van der Waals surface area contributed by atoms with E-state index in [0.29, 0.717) is 24.9 Å². The van der Waals surface area contributed by atoms with Crippen molar-refractivity contribution in [3.8, 4) is 23.3 Å². The van der Waals surface area contributed by atoms with Crippen LogP contribution < -0.4 is 56.2 Å². The molecule has 71 heavy (non-hydrogen) atoms. The second-order valence-electron chi connectivity index (χ2n) is 18.5. The fraction of sp³-hybridized carbons (Fsp3) is 0.447. The number of amides is 1. The van der Waals surface area contributed by atoms with Gasteiger partial charge in [0.1, 0.15) is 36.5 Å². The Labute approximate surface area is 407 Å². The number of anilines is 2. The number of phosphoric acid groups is 3. The molecule has 1 fully saturated rings. The molecule has 1 aromatic heterocycles. The number of aryl methyl sites for hydroxylation is 3. The Bertz CT molecular complexity index is 3290. The third-order valence-electron chi connectivity index (χ3n) is 13.7. The highest BCUT2D eigenvalue weighted by atomic mass is 31.3. The molecular weight excluding hydrogens is 981 g/mol. The summed E-state index contributed by atoms with van der Waals surface area (Å²) < 4.78 is 61.7. The van der Waals surface area contributed by atoms with Crippen LogP contribution in [0.15, 0.2) is 41.3 Å². The Morgan fingerprint density at radius 1 is 0.972 bits per heavy atom. The molecule has 0 saturated carbocycles. The predicted octanol–water partition coefficient (Wildman–Crippen LogP) is 1.23. The van der Waals surface area contributed by atoms with Gasteiger partial charge in [0, 0.05) is 90.2 Å². The number of phosphoric ester groups is 1. The third kappa shape index (κ3) is 10.2. The Balaban J connectivity index is 0.816. The van der Waals surface area contributed by atoms with E-state index in [1.54, 1.807) is 0 Å². The van der Waals surface area contributed by atoms with Gasteiger partial charge in [-0.2, -0.15) is 4.98 Å². The molecule has 1 amide bonds. The number of rotatable bonds is 13. The van der Waals surface area contributed by atoms with E-state index in [1.807, 2.05) is 12.1 Å². The first kappa shape index (κ1) is 49.5.